The number of benzene rings is 2. The van der Waals surface area contributed by atoms with E-state index in [1.165, 1.54) is 17.0 Å². The van der Waals surface area contributed by atoms with Crippen LogP contribution >= 0.6 is 11.8 Å². The van der Waals surface area contributed by atoms with E-state index >= 15 is 0 Å². The second-order valence-electron chi connectivity index (χ2n) is 7.49. The van der Waals surface area contributed by atoms with Crippen LogP contribution in [0.4, 0.5) is 9.18 Å². The molecule has 0 unspecified atom stereocenters. The van der Waals surface area contributed by atoms with E-state index in [9.17, 15) is 14.0 Å². The van der Waals surface area contributed by atoms with E-state index in [1.54, 1.807) is 30.4 Å². The summed E-state index contributed by atoms with van der Waals surface area (Å²) in [5.74, 6) is 0.504. The van der Waals surface area contributed by atoms with Crippen molar-refractivity contribution >= 4 is 29.0 Å². The van der Waals surface area contributed by atoms with Crippen molar-refractivity contribution in [3.63, 3.8) is 0 Å². The first-order chi connectivity index (χ1) is 15.3. The SMILES string of the molecule is C=CCc1cc(/C=C2/SC(=O)N(C(C)C)C2=O)cc(OCC)c1OCc1ccc(F)cc1. The van der Waals surface area contributed by atoms with Gasteiger partial charge in [-0.1, -0.05) is 18.2 Å². The molecular weight excluding hydrogens is 429 g/mol. The Morgan fingerprint density at radius 1 is 1.16 bits per heavy atom. The Labute approximate surface area is 191 Å². The van der Waals surface area contributed by atoms with Crippen molar-refractivity contribution in [3.8, 4) is 11.5 Å². The number of allylic oxidation sites excluding steroid dienone is 1. The molecule has 2 aromatic rings. The number of halogens is 1. The van der Waals surface area contributed by atoms with Crippen LogP contribution in [-0.2, 0) is 17.8 Å². The molecule has 1 heterocycles. The van der Waals surface area contributed by atoms with E-state index in [4.69, 9.17) is 9.47 Å². The van der Waals surface area contributed by atoms with E-state index in [2.05, 4.69) is 6.58 Å². The first-order valence-corrected chi connectivity index (χ1v) is 11.2. The lowest BCUT2D eigenvalue weighted by Gasteiger charge is -2.17. The highest BCUT2D eigenvalue weighted by atomic mass is 32.2. The fraction of sp³-hybridized carbons (Fsp3) is 0.280. The first kappa shape index (κ1) is 23.6. The van der Waals surface area contributed by atoms with Crippen LogP contribution in [0.2, 0.25) is 0 Å². The van der Waals surface area contributed by atoms with Crippen molar-refractivity contribution in [2.24, 2.45) is 0 Å². The summed E-state index contributed by atoms with van der Waals surface area (Å²) in [6, 6.07) is 9.60. The standard InChI is InChI=1S/C25H26FNO4S/c1-5-7-19-12-18(14-22-24(28)27(16(3)4)25(29)32-22)13-21(30-6-2)23(19)31-15-17-8-10-20(26)11-9-17/h5,8-14,16H,1,6-7,15H2,2-4H3/b22-14+. The van der Waals surface area contributed by atoms with Crippen molar-refractivity contribution in [1.29, 1.82) is 0 Å². The Hall–Kier alpha value is -3.06. The lowest BCUT2D eigenvalue weighted by Crippen LogP contribution is -2.34. The van der Waals surface area contributed by atoms with Crippen molar-refractivity contribution in [2.45, 2.75) is 39.8 Å². The molecule has 7 heteroatoms. The molecule has 0 aromatic heterocycles. The molecule has 0 saturated carbocycles. The summed E-state index contributed by atoms with van der Waals surface area (Å²) >= 11 is 0.932. The Kier molecular flexibility index (Phi) is 7.75. The minimum absolute atomic E-state index is 0.203. The van der Waals surface area contributed by atoms with Crippen LogP contribution in [-0.4, -0.2) is 28.7 Å². The second kappa shape index (κ2) is 10.5. The number of ether oxygens (including phenoxy) is 2. The molecular formula is C25H26FNO4S. The number of hydrogen-bond donors (Lipinski definition) is 0. The number of carbonyl (C=O) groups is 2. The van der Waals surface area contributed by atoms with Gasteiger partial charge in [-0.3, -0.25) is 14.5 Å². The lowest BCUT2D eigenvalue weighted by atomic mass is 10.0. The first-order valence-electron chi connectivity index (χ1n) is 10.4. The van der Waals surface area contributed by atoms with Crippen LogP contribution in [0.15, 0.2) is 54.0 Å². The van der Waals surface area contributed by atoms with E-state index in [0.717, 1.165) is 28.5 Å². The zero-order chi connectivity index (χ0) is 23.3. The molecule has 0 N–H and O–H groups in total. The van der Waals surface area contributed by atoms with Gasteiger partial charge < -0.3 is 9.47 Å². The summed E-state index contributed by atoms with van der Waals surface area (Å²) < 4.78 is 25.1. The monoisotopic (exact) mass is 455 g/mol. The number of rotatable bonds is 9. The third-order valence-electron chi connectivity index (χ3n) is 4.75. The molecule has 1 aliphatic rings. The molecule has 168 valence electrons. The van der Waals surface area contributed by atoms with E-state index in [1.807, 2.05) is 26.8 Å². The third kappa shape index (κ3) is 5.40. The minimum Gasteiger partial charge on any atom is -0.490 e. The van der Waals surface area contributed by atoms with Gasteiger partial charge in [-0.2, -0.15) is 0 Å². The second-order valence-corrected chi connectivity index (χ2v) is 8.49. The van der Waals surface area contributed by atoms with Gasteiger partial charge in [0.05, 0.1) is 11.5 Å². The number of carbonyl (C=O) groups excluding carboxylic acids is 2. The van der Waals surface area contributed by atoms with Crippen molar-refractivity contribution < 1.29 is 23.5 Å². The third-order valence-corrected chi connectivity index (χ3v) is 5.64. The van der Waals surface area contributed by atoms with Gasteiger partial charge in [0.2, 0.25) is 0 Å². The topological polar surface area (TPSA) is 55.8 Å². The maximum absolute atomic E-state index is 13.2. The Morgan fingerprint density at radius 2 is 1.88 bits per heavy atom. The fourth-order valence-electron chi connectivity index (χ4n) is 3.31. The molecule has 0 atom stereocenters. The van der Waals surface area contributed by atoms with Crippen molar-refractivity contribution in [3.05, 3.63) is 76.5 Å². The van der Waals surface area contributed by atoms with E-state index < -0.39 is 0 Å². The molecule has 0 radical (unpaired) electrons. The molecule has 2 aromatic carbocycles. The summed E-state index contributed by atoms with van der Waals surface area (Å²) in [7, 11) is 0. The van der Waals surface area contributed by atoms with Gasteiger partial charge in [0.15, 0.2) is 11.5 Å². The molecule has 32 heavy (non-hydrogen) atoms. The highest BCUT2D eigenvalue weighted by Crippen LogP contribution is 2.38. The Morgan fingerprint density at radius 3 is 2.47 bits per heavy atom. The van der Waals surface area contributed by atoms with Gasteiger partial charge in [-0.05, 0) is 80.4 Å². The summed E-state index contributed by atoms with van der Waals surface area (Å²) in [5.41, 5.74) is 2.39. The molecule has 0 spiro atoms. The predicted molar refractivity (Wildman–Crippen MR) is 125 cm³/mol. The summed E-state index contributed by atoms with van der Waals surface area (Å²) in [6.07, 6.45) is 3.98. The number of amides is 2. The van der Waals surface area contributed by atoms with Gasteiger partial charge in [0, 0.05) is 11.6 Å². The van der Waals surface area contributed by atoms with Crippen molar-refractivity contribution in [1.82, 2.24) is 4.90 Å². The van der Waals surface area contributed by atoms with Gasteiger partial charge in [-0.15, -0.1) is 6.58 Å². The molecule has 3 rings (SSSR count). The van der Waals surface area contributed by atoms with Crippen LogP contribution in [0.25, 0.3) is 6.08 Å². The van der Waals surface area contributed by atoms with Gasteiger partial charge >= 0.3 is 0 Å². The van der Waals surface area contributed by atoms with Crippen LogP contribution in [0.3, 0.4) is 0 Å². The van der Waals surface area contributed by atoms with E-state index in [0.29, 0.717) is 29.4 Å². The quantitative estimate of drug-likeness (QED) is 0.344. The predicted octanol–water partition coefficient (Wildman–Crippen LogP) is 5.98. The highest BCUT2D eigenvalue weighted by molar-refractivity contribution is 8.18. The Bertz CT molecular complexity index is 1050. The van der Waals surface area contributed by atoms with Crippen LogP contribution in [0.5, 0.6) is 11.5 Å². The molecule has 1 saturated heterocycles. The maximum atomic E-state index is 13.2. The van der Waals surface area contributed by atoms with Gasteiger partial charge in [0.1, 0.15) is 12.4 Å². The van der Waals surface area contributed by atoms with Crippen molar-refractivity contribution in [2.75, 3.05) is 6.61 Å². The van der Waals surface area contributed by atoms with Crippen LogP contribution in [0, 0.1) is 5.82 Å². The zero-order valence-electron chi connectivity index (χ0n) is 18.4. The Balaban J connectivity index is 1.95. The normalized spacial score (nSPS) is 15.0. The van der Waals surface area contributed by atoms with Crippen LogP contribution in [0.1, 0.15) is 37.5 Å². The number of thioether (sulfide) groups is 1. The lowest BCUT2D eigenvalue weighted by molar-refractivity contribution is -0.123. The maximum Gasteiger partial charge on any atom is 0.293 e. The fourth-order valence-corrected chi connectivity index (χ4v) is 4.27. The number of nitrogens with zero attached hydrogens (tertiary/aromatic N) is 1. The smallest absolute Gasteiger partial charge is 0.293 e. The van der Waals surface area contributed by atoms with Crippen LogP contribution < -0.4 is 9.47 Å². The average molecular weight is 456 g/mol. The summed E-state index contributed by atoms with van der Waals surface area (Å²) in [6.45, 7) is 9.98. The van der Waals surface area contributed by atoms with Gasteiger partial charge in [0.25, 0.3) is 11.1 Å². The largest absolute Gasteiger partial charge is 0.490 e. The molecule has 5 nitrogen and oxygen atoms in total. The number of hydrogen-bond acceptors (Lipinski definition) is 5. The molecule has 2 amide bonds. The number of imide groups is 1. The van der Waals surface area contributed by atoms with Gasteiger partial charge in [-0.25, -0.2) is 4.39 Å². The zero-order valence-corrected chi connectivity index (χ0v) is 19.2. The average Bonchev–Trinajstić information content (AvgIpc) is 3.02. The molecule has 0 aliphatic carbocycles. The molecule has 1 aliphatic heterocycles. The molecule has 0 bridgehead atoms. The van der Waals surface area contributed by atoms with E-state index in [-0.39, 0.29) is 29.6 Å². The summed E-state index contributed by atoms with van der Waals surface area (Å²) in [5, 5.41) is -0.271. The summed E-state index contributed by atoms with van der Waals surface area (Å²) in [4.78, 5) is 26.5. The minimum atomic E-state index is -0.303. The highest BCUT2D eigenvalue weighted by Gasteiger charge is 2.36. The molecule has 1 fully saturated rings.